The van der Waals surface area contributed by atoms with Crippen LogP contribution in [-0.4, -0.2) is 17.0 Å². The molecule has 0 aliphatic carbocycles. The van der Waals surface area contributed by atoms with E-state index in [-0.39, 0.29) is 27.4 Å². The number of amides is 1. The minimum atomic E-state index is -1.16. The molecule has 2 rings (SSSR count). The molecule has 2 N–H and O–H groups in total. The number of nitrogens with one attached hydrogen (secondary N) is 1. The van der Waals surface area contributed by atoms with Gasteiger partial charge in [0.15, 0.2) is 0 Å². The first-order valence-electron chi connectivity index (χ1n) is 6.63. The summed E-state index contributed by atoms with van der Waals surface area (Å²) in [5.41, 5.74) is 0.217. The molecule has 5 nitrogen and oxygen atoms in total. The molecule has 0 unspecified atom stereocenters. The van der Waals surface area contributed by atoms with Crippen LogP contribution in [0, 0.1) is 11.3 Å². The van der Waals surface area contributed by atoms with Gasteiger partial charge in [-0.15, -0.1) is 0 Å². The molecule has 0 atom stereocenters. The Hall–Kier alpha value is -2.81. The van der Waals surface area contributed by atoms with Crippen molar-refractivity contribution in [2.24, 2.45) is 0 Å². The number of aromatic carboxylic acids is 1. The van der Waals surface area contributed by atoms with Gasteiger partial charge in [-0.1, -0.05) is 41.4 Å². The summed E-state index contributed by atoms with van der Waals surface area (Å²) in [6.45, 7) is 0. The van der Waals surface area contributed by atoms with Crippen molar-refractivity contribution in [3.8, 4) is 6.07 Å². The second-order valence-electron chi connectivity index (χ2n) is 4.64. The number of carboxylic acids is 1. The van der Waals surface area contributed by atoms with Gasteiger partial charge < -0.3 is 10.4 Å². The van der Waals surface area contributed by atoms with Crippen molar-refractivity contribution in [3.05, 3.63) is 69.2 Å². The number of anilines is 1. The Kier molecular flexibility index (Phi) is 5.59. The van der Waals surface area contributed by atoms with E-state index in [0.29, 0.717) is 5.02 Å². The third-order valence-electron chi connectivity index (χ3n) is 3.03. The van der Waals surface area contributed by atoms with Gasteiger partial charge in [-0.05, 0) is 35.9 Å². The third-order valence-corrected chi connectivity index (χ3v) is 3.60. The number of benzene rings is 2. The second kappa shape index (κ2) is 7.64. The molecule has 0 saturated carbocycles. The quantitative estimate of drug-likeness (QED) is 0.630. The Bertz CT molecular complexity index is 886. The molecule has 0 bridgehead atoms. The van der Waals surface area contributed by atoms with Gasteiger partial charge in [0.25, 0.3) is 5.91 Å². The monoisotopic (exact) mass is 360 g/mol. The molecule has 0 fully saturated rings. The van der Waals surface area contributed by atoms with Gasteiger partial charge in [-0.3, -0.25) is 4.79 Å². The summed E-state index contributed by atoms with van der Waals surface area (Å²) in [7, 11) is 0. The first kappa shape index (κ1) is 17.5. The van der Waals surface area contributed by atoms with E-state index in [1.165, 1.54) is 30.3 Å². The van der Waals surface area contributed by atoms with Gasteiger partial charge in [-0.25, -0.2) is 4.79 Å². The normalized spacial score (nSPS) is 10.8. The number of hydrogen-bond donors (Lipinski definition) is 2. The lowest BCUT2D eigenvalue weighted by Gasteiger charge is -2.07. The average molecular weight is 361 g/mol. The number of nitriles is 1. The fourth-order valence-corrected chi connectivity index (χ4v) is 2.24. The summed E-state index contributed by atoms with van der Waals surface area (Å²) in [6.07, 6.45) is 1.21. The Morgan fingerprint density at radius 1 is 1.17 bits per heavy atom. The maximum absolute atomic E-state index is 12.2. The van der Waals surface area contributed by atoms with E-state index in [1.807, 2.05) is 0 Å². The van der Waals surface area contributed by atoms with Crippen molar-refractivity contribution >= 4 is 46.8 Å². The van der Waals surface area contributed by atoms with E-state index in [9.17, 15) is 14.9 Å². The van der Waals surface area contributed by atoms with Crippen molar-refractivity contribution in [1.82, 2.24) is 0 Å². The van der Waals surface area contributed by atoms with Crippen LogP contribution in [0.15, 0.2) is 48.0 Å². The minimum absolute atomic E-state index is 0.0150. The predicted molar refractivity (Wildman–Crippen MR) is 92.1 cm³/mol. The van der Waals surface area contributed by atoms with Gasteiger partial charge in [0.05, 0.1) is 16.3 Å². The van der Waals surface area contributed by atoms with Crippen LogP contribution in [0.1, 0.15) is 15.9 Å². The molecule has 0 saturated heterocycles. The summed E-state index contributed by atoms with van der Waals surface area (Å²) >= 11 is 11.8. The highest BCUT2D eigenvalue weighted by atomic mass is 35.5. The summed E-state index contributed by atoms with van der Waals surface area (Å²) < 4.78 is 0. The zero-order valence-corrected chi connectivity index (χ0v) is 13.6. The van der Waals surface area contributed by atoms with Crippen molar-refractivity contribution in [2.75, 3.05) is 5.32 Å². The van der Waals surface area contributed by atoms with Crippen LogP contribution < -0.4 is 5.32 Å². The van der Waals surface area contributed by atoms with E-state index in [0.717, 1.165) is 0 Å². The van der Waals surface area contributed by atoms with Gasteiger partial charge >= 0.3 is 5.97 Å². The molecule has 1 amide bonds. The second-order valence-corrected chi connectivity index (χ2v) is 5.48. The fraction of sp³-hybridized carbons (Fsp3) is 0. The number of carboxylic acid groups (broad SMARTS) is 1. The number of rotatable bonds is 4. The first-order valence-corrected chi connectivity index (χ1v) is 7.38. The number of hydrogen-bond acceptors (Lipinski definition) is 3. The Labute approximate surface area is 147 Å². The van der Waals surface area contributed by atoms with E-state index >= 15 is 0 Å². The minimum Gasteiger partial charge on any atom is -0.478 e. The molecule has 0 spiro atoms. The zero-order chi connectivity index (χ0) is 17.7. The van der Waals surface area contributed by atoms with Gasteiger partial charge in [0.2, 0.25) is 0 Å². The lowest BCUT2D eigenvalue weighted by molar-refractivity contribution is -0.112. The molecule has 2 aromatic carbocycles. The predicted octanol–water partition coefficient (Wildman–Crippen LogP) is 4.24. The van der Waals surface area contributed by atoms with Gasteiger partial charge in [0.1, 0.15) is 11.6 Å². The summed E-state index contributed by atoms with van der Waals surface area (Å²) in [5.74, 6) is -1.88. The van der Waals surface area contributed by atoms with Crippen molar-refractivity contribution in [3.63, 3.8) is 0 Å². The largest absolute Gasteiger partial charge is 0.478 e. The van der Waals surface area contributed by atoms with E-state index < -0.39 is 11.9 Å². The van der Waals surface area contributed by atoms with Crippen molar-refractivity contribution < 1.29 is 14.7 Å². The Morgan fingerprint density at radius 3 is 2.54 bits per heavy atom. The molecule has 120 valence electrons. The summed E-state index contributed by atoms with van der Waals surface area (Å²) in [6, 6.07) is 12.3. The maximum Gasteiger partial charge on any atom is 0.336 e. The molecule has 2 aromatic rings. The first-order chi connectivity index (χ1) is 11.4. The zero-order valence-electron chi connectivity index (χ0n) is 12.1. The molecular formula is C17H10Cl2N2O3. The van der Waals surface area contributed by atoms with E-state index in [1.54, 1.807) is 24.3 Å². The Balaban J connectivity index is 2.35. The highest BCUT2D eigenvalue weighted by molar-refractivity contribution is 6.36. The maximum atomic E-state index is 12.2. The summed E-state index contributed by atoms with van der Waals surface area (Å²) in [5, 5.41) is 21.5. The molecule has 24 heavy (non-hydrogen) atoms. The molecule has 0 radical (unpaired) electrons. The van der Waals surface area contributed by atoms with Crippen LogP contribution in [0.3, 0.4) is 0 Å². The molecular weight excluding hydrogens is 351 g/mol. The molecule has 0 heterocycles. The number of carbonyl (C=O) groups excluding carboxylic acids is 1. The van der Waals surface area contributed by atoms with Crippen LogP contribution in [0.25, 0.3) is 6.08 Å². The molecule has 0 aliphatic heterocycles. The van der Waals surface area contributed by atoms with Gasteiger partial charge in [-0.2, -0.15) is 5.26 Å². The summed E-state index contributed by atoms with van der Waals surface area (Å²) in [4.78, 5) is 23.4. The number of carbonyl (C=O) groups is 2. The van der Waals surface area contributed by atoms with Crippen LogP contribution in [0.5, 0.6) is 0 Å². The standard InChI is InChI=1S/C17H10Cl2N2O3/c18-12-5-6-14(19)15(8-12)21-16(22)11(9-20)7-10-3-1-2-4-13(10)17(23)24/h1-8H,(H,21,22)(H,23,24)/b11-7+. The SMILES string of the molecule is N#C/C(=C\c1ccccc1C(=O)O)C(=O)Nc1cc(Cl)ccc1Cl. The van der Waals surface area contributed by atoms with Crippen molar-refractivity contribution in [1.29, 1.82) is 5.26 Å². The van der Waals surface area contributed by atoms with Crippen molar-refractivity contribution in [2.45, 2.75) is 0 Å². The molecule has 0 aromatic heterocycles. The lowest BCUT2D eigenvalue weighted by atomic mass is 10.0. The topological polar surface area (TPSA) is 90.2 Å². The smallest absolute Gasteiger partial charge is 0.336 e. The highest BCUT2D eigenvalue weighted by Gasteiger charge is 2.14. The molecule has 0 aliphatic rings. The van der Waals surface area contributed by atoms with Crippen LogP contribution in [0.2, 0.25) is 10.0 Å². The molecule has 7 heteroatoms. The van der Waals surface area contributed by atoms with Crippen LogP contribution in [-0.2, 0) is 4.79 Å². The van der Waals surface area contributed by atoms with E-state index in [4.69, 9.17) is 28.3 Å². The number of nitrogens with zero attached hydrogens (tertiary/aromatic N) is 1. The van der Waals surface area contributed by atoms with Gasteiger partial charge in [0, 0.05) is 5.02 Å². The number of halogens is 2. The van der Waals surface area contributed by atoms with E-state index in [2.05, 4.69) is 5.32 Å². The highest BCUT2D eigenvalue weighted by Crippen LogP contribution is 2.26. The Morgan fingerprint density at radius 2 is 1.88 bits per heavy atom. The van der Waals surface area contributed by atoms with Crippen LogP contribution >= 0.6 is 23.2 Å². The van der Waals surface area contributed by atoms with Crippen LogP contribution in [0.4, 0.5) is 5.69 Å². The average Bonchev–Trinajstić information content (AvgIpc) is 2.56. The lowest BCUT2D eigenvalue weighted by Crippen LogP contribution is -2.14. The fourth-order valence-electron chi connectivity index (χ4n) is 1.90. The third kappa shape index (κ3) is 4.13.